The van der Waals surface area contributed by atoms with Gasteiger partial charge in [-0.1, -0.05) is 17.7 Å². The van der Waals surface area contributed by atoms with E-state index in [-0.39, 0.29) is 12.1 Å². The van der Waals surface area contributed by atoms with Gasteiger partial charge in [-0.2, -0.15) is 0 Å². The van der Waals surface area contributed by atoms with Crippen LogP contribution in [0, 0.1) is 5.41 Å². The van der Waals surface area contributed by atoms with Crippen LogP contribution in [0.15, 0.2) is 18.2 Å². The number of hydrogen-bond donors (Lipinski definition) is 0. The monoisotopic (exact) mass is 315 g/mol. The predicted octanol–water partition coefficient (Wildman–Crippen LogP) is 3.67. The number of likely N-dealkylation sites (tertiary alicyclic amines) is 1. The number of hydrogen-bond acceptors (Lipinski definition) is 2. The predicted molar refractivity (Wildman–Crippen MR) is 74.7 cm³/mol. The van der Waals surface area contributed by atoms with Gasteiger partial charge >= 0.3 is 0 Å². The molecule has 0 N–H and O–H groups in total. The normalized spacial score (nSPS) is 24.0. The number of fused-ring (bicyclic) bond motifs is 4. The Labute approximate surface area is 126 Å². The molecule has 6 heteroatoms. The summed E-state index contributed by atoms with van der Waals surface area (Å²) in [6, 6.07) is 5.03. The van der Waals surface area contributed by atoms with E-state index in [4.69, 9.17) is 16.3 Å². The molecule has 0 spiro atoms. The quantitative estimate of drug-likeness (QED) is 0.833. The van der Waals surface area contributed by atoms with Gasteiger partial charge in [0.1, 0.15) is 17.3 Å². The SMILES string of the molecule is CC(C)(C(=O)N1C[C@@H]2C[C@H]1c1ccc(Cl)cc1O2)C(F)F. The first-order valence-corrected chi connectivity index (χ1v) is 7.24. The zero-order valence-electron chi connectivity index (χ0n) is 11.8. The summed E-state index contributed by atoms with van der Waals surface area (Å²) < 4.78 is 32.0. The van der Waals surface area contributed by atoms with Crippen molar-refractivity contribution in [3.05, 3.63) is 28.8 Å². The minimum Gasteiger partial charge on any atom is -0.488 e. The van der Waals surface area contributed by atoms with Crippen molar-refractivity contribution in [2.75, 3.05) is 6.54 Å². The van der Waals surface area contributed by atoms with Gasteiger partial charge in [-0.05, 0) is 26.0 Å². The fourth-order valence-electron chi connectivity index (χ4n) is 2.93. The Hall–Kier alpha value is -1.36. The molecule has 1 amide bonds. The second-order valence-electron chi connectivity index (χ2n) is 6.15. The maximum Gasteiger partial charge on any atom is 0.252 e. The smallest absolute Gasteiger partial charge is 0.252 e. The van der Waals surface area contributed by atoms with E-state index in [0.29, 0.717) is 23.7 Å². The van der Waals surface area contributed by atoms with E-state index >= 15 is 0 Å². The van der Waals surface area contributed by atoms with E-state index in [0.717, 1.165) is 5.56 Å². The first-order chi connectivity index (χ1) is 9.80. The zero-order valence-corrected chi connectivity index (χ0v) is 12.5. The van der Waals surface area contributed by atoms with Gasteiger partial charge in [0.05, 0.1) is 12.6 Å². The number of rotatable bonds is 2. The Balaban J connectivity index is 1.94. The lowest BCUT2D eigenvalue weighted by Crippen LogP contribution is -2.44. The Morgan fingerprint density at radius 1 is 1.48 bits per heavy atom. The van der Waals surface area contributed by atoms with Crippen molar-refractivity contribution < 1.29 is 18.3 Å². The van der Waals surface area contributed by atoms with Crippen molar-refractivity contribution in [1.29, 1.82) is 0 Å². The van der Waals surface area contributed by atoms with Gasteiger partial charge in [-0.25, -0.2) is 8.78 Å². The summed E-state index contributed by atoms with van der Waals surface area (Å²) in [6.45, 7) is 2.91. The van der Waals surface area contributed by atoms with Gasteiger partial charge in [0.2, 0.25) is 5.91 Å². The highest BCUT2D eigenvalue weighted by molar-refractivity contribution is 6.30. The summed E-state index contributed by atoms with van der Waals surface area (Å²) in [5, 5.41) is 0.556. The van der Waals surface area contributed by atoms with Crippen molar-refractivity contribution in [3.8, 4) is 5.75 Å². The maximum atomic E-state index is 13.1. The summed E-state index contributed by atoms with van der Waals surface area (Å²) in [5.41, 5.74) is -0.851. The van der Waals surface area contributed by atoms with Crippen LogP contribution < -0.4 is 4.74 Å². The van der Waals surface area contributed by atoms with E-state index in [9.17, 15) is 13.6 Å². The molecule has 3 nitrogen and oxygen atoms in total. The van der Waals surface area contributed by atoms with E-state index < -0.39 is 17.7 Å². The van der Waals surface area contributed by atoms with Gasteiger partial charge in [0, 0.05) is 17.0 Å². The minimum absolute atomic E-state index is 0.154. The molecule has 3 rings (SSSR count). The van der Waals surface area contributed by atoms with Gasteiger partial charge in [-0.3, -0.25) is 4.79 Å². The molecule has 2 aliphatic rings. The fraction of sp³-hybridized carbons (Fsp3) is 0.533. The van der Waals surface area contributed by atoms with Gasteiger partial charge in [0.15, 0.2) is 0 Å². The standard InChI is InChI=1S/C15H16ClF2NO2/c1-15(2,13(17)18)14(20)19-7-9-6-11(19)10-4-3-8(16)5-12(10)21-9/h3-5,9,11,13H,6-7H2,1-2H3/t9-,11-/m0/s1. The lowest BCUT2D eigenvalue weighted by atomic mass is 9.91. The van der Waals surface area contributed by atoms with Crippen LogP contribution in [0.2, 0.25) is 5.02 Å². The van der Waals surface area contributed by atoms with Crippen LogP contribution in [0.25, 0.3) is 0 Å². The molecule has 0 aromatic heterocycles. The number of halogens is 3. The topological polar surface area (TPSA) is 29.5 Å². The number of ether oxygens (including phenoxy) is 1. The summed E-state index contributed by atoms with van der Waals surface area (Å²) in [5.74, 6) is 0.116. The Morgan fingerprint density at radius 3 is 2.86 bits per heavy atom. The maximum absolute atomic E-state index is 13.1. The van der Waals surface area contributed by atoms with E-state index in [1.807, 2.05) is 0 Å². The number of alkyl halides is 2. The molecule has 21 heavy (non-hydrogen) atoms. The molecule has 1 aromatic carbocycles. The molecule has 0 radical (unpaired) electrons. The van der Waals surface area contributed by atoms with Crippen molar-refractivity contribution in [1.82, 2.24) is 4.90 Å². The van der Waals surface area contributed by atoms with Gasteiger partial charge < -0.3 is 9.64 Å². The average molecular weight is 316 g/mol. The fourth-order valence-corrected chi connectivity index (χ4v) is 3.09. The highest BCUT2D eigenvalue weighted by Gasteiger charge is 2.48. The van der Waals surface area contributed by atoms with Crippen LogP contribution in [-0.2, 0) is 4.79 Å². The van der Waals surface area contributed by atoms with E-state index in [2.05, 4.69) is 0 Å². The molecule has 1 aromatic rings. The molecular weight excluding hydrogens is 300 g/mol. The lowest BCUT2D eigenvalue weighted by molar-refractivity contribution is -0.149. The molecule has 2 heterocycles. The summed E-state index contributed by atoms with van der Waals surface area (Å²) in [6.07, 6.45) is -2.21. The zero-order chi connectivity index (χ0) is 15.4. The Bertz CT molecular complexity index is 591. The average Bonchev–Trinajstić information content (AvgIpc) is 2.75. The van der Waals surface area contributed by atoms with Crippen LogP contribution in [0.4, 0.5) is 8.78 Å². The summed E-state index contributed by atoms with van der Waals surface area (Å²) in [4.78, 5) is 14.0. The van der Waals surface area contributed by atoms with Crippen LogP contribution in [0.5, 0.6) is 5.75 Å². The molecule has 1 saturated heterocycles. The van der Waals surface area contributed by atoms with Crippen molar-refractivity contribution >= 4 is 17.5 Å². The van der Waals surface area contributed by atoms with Crippen LogP contribution in [0.1, 0.15) is 31.9 Å². The Kier molecular flexibility index (Phi) is 3.35. The number of nitrogens with zero attached hydrogens (tertiary/aromatic N) is 1. The summed E-state index contributed by atoms with van der Waals surface area (Å²) in [7, 11) is 0. The highest BCUT2D eigenvalue weighted by atomic mass is 35.5. The van der Waals surface area contributed by atoms with Crippen molar-refractivity contribution in [2.24, 2.45) is 5.41 Å². The highest BCUT2D eigenvalue weighted by Crippen LogP contribution is 2.46. The molecule has 2 bridgehead atoms. The minimum atomic E-state index is -2.70. The molecule has 1 fully saturated rings. The first-order valence-electron chi connectivity index (χ1n) is 6.86. The number of carbonyl (C=O) groups excluding carboxylic acids is 1. The van der Waals surface area contributed by atoms with Gasteiger partial charge in [-0.15, -0.1) is 0 Å². The van der Waals surface area contributed by atoms with Crippen LogP contribution in [0.3, 0.4) is 0 Å². The third-order valence-corrected chi connectivity index (χ3v) is 4.48. The van der Waals surface area contributed by atoms with Crippen LogP contribution >= 0.6 is 11.6 Å². The number of benzene rings is 1. The second kappa shape index (κ2) is 4.83. The number of amides is 1. The van der Waals surface area contributed by atoms with Crippen LogP contribution in [-0.4, -0.2) is 29.9 Å². The van der Waals surface area contributed by atoms with E-state index in [1.165, 1.54) is 18.7 Å². The second-order valence-corrected chi connectivity index (χ2v) is 6.59. The molecular formula is C15H16ClF2NO2. The summed E-state index contributed by atoms with van der Waals surface area (Å²) >= 11 is 5.95. The largest absolute Gasteiger partial charge is 0.488 e. The molecule has 2 aliphatic heterocycles. The third-order valence-electron chi connectivity index (χ3n) is 4.25. The first kappa shape index (κ1) is 14.6. The van der Waals surface area contributed by atoms with E-state index in [1.54, 1.807) is 18.2 Å². The third kappa shape index (κ3) is 2.27. The molecule has 114 valence electrons. The molecule has 0 saturated carbocycles. The number of carbonyl (C=O) groups is 1. The Morgan fingerprint density at radius 2 is 2.19 bits per heavy atom. The molecule has 0 unspecified atom stereocenters. The molecule has 2 atom stereocenters. The van der Waals surface area contributed by atoms with Gasteiger partial charge in [0.25, 0.3) is 6.43 Å². The van der Waals surface area contributed by atoms with Crippen molar-refractivity contribution in [2.45, 2.75) is 38.8 Å². The molecule has 0 aliphatic carbocycles. The lowest BCUT2D eigenvalue weighted by Gasteiger charge is -2.32. The van der Waals surface area contributed by atoms with Crippen molar-refractivity contribution in [3.63, 3.8) is 0 Å².